The van der Waals surface area contributed by atoms with Gasteiger partial charge in [-0.1, -0.05) is 12.2 Å². The normalized spacial score (nSPS) is 14.0. The Balaban J connectivity index is 3.50. The van der Waals surface area contributed by atoms with Gasteiger partial charge in [0, 0.05) is 0 Å². The topological polar surface area (TPSA) is 57.5 Å². The molecule has 0 rings (SSSR count). The summed E-state index contributed by atoms with van der Waals surface area (Å²) in [6, 6.07) is 0. The Morgan fingerprint density at radius 3 is 2.67 bits per heavy atom. The van der Waals surface area contributed by atoms with Gasteiger partial charge in [-0.25, -0.2) is 0 Å². The zero-order valence-electron chi connectivity index (χ0n) is 5.24. The molecule has 0 saturated carbocycles. The fraction of sp³-hybridized carbons (Fsp3) is 0.500. The highest BCUT2D eigenvalue weighted by Gasteiger charge is 2.03. The highest BCUT2D eigenvalue weighted by Crippen LogP contribution is 1.91. The summed E-state index contributed by atoms with van der Waals surface area (Å²) in [5.74, 6) is -0.986. The van der Waals surface area contributed by atoms with Crippen LogP contribution >= 0.6 is 0 Å². The molecule has 0 amide bonds. The van der Waals surface area contributed by atoms with Gasteiger partial charge in [0.25, 0.3) is 0 Å². The van der Waals surface area contributed by atoms with E-state index in [0.29, 0.717) is 0 Å². The van der Waals surface area contributed by atoms with Gasteiger partial charge >= 0.3 is 5.97 Å². The van der Waals surface area contributed by atoms with Crippen molar-refractivity contribution >= 4 is 5.97 Å². The lowest BCUT2D eigenvalue weighted by molar-refractivity contribution is -0.138. The first-order valence-electron chi connectivity index (χ1n) is 2.69. The minimum absolute atomic E-state index is 0.218. The van der Waals surface area contributed by atoms with Crippen LogP contribution in [0.3, 0.4) is 0 Å². The van der Waals surface area contributed by atoms with Gasteiger partial charge in [0.15, 0.2) is 0 Å². The maximum Gasteiger partial charge on any atom is 0.306 e. The molecule has 0 saturated heterocycles. The van der Waals surface area contributed by atoms with Crippen LogP contribution in [0.25, 0.3) is 0 Å². The van der Waals surface area contributed by atoms with Crippen molar-refractivity contribution < 1.29 is 15.0 Å². The Labute approximate surface area is 53.6 Å². The molecule has 52 valence electrons. The quantitative estimate of drug-likeness (QED) is 0.543. The highest BCUT2D eigenvalue weighted by molar-refractivity contribution is 5.67. The molecule has 0 aliphatic carbocycles. The van der Waals surface area contributed by atoms with E-state index in [2.05, 4.69) is 0 Å². The lowest BCUT2D eigenvalue weighted by atomic mass is 10.2. The van der Waals surface area contributed by atoms with Crippen LogP contribution in [0.2, 0.25) is 0 Å². The van der Waals surface area contributed by atoms with Crippen LogP contribution < -0.4 is 0 Å². The molecule has 0 fully saturated rings. The molecule has 0 bridgehead atoms. The fourth-order valence-corrected chi connectivity index (χ4v) is 0.469. The first-order chi connectivity index (χ1) is 4.16. The predicted octanol–water partition coefficient (Wildman–Crippen LogP) is 0.398. The maximum absolute atomic E-state index is 9.89. The molecular formula is C6H10O3. The summed E-state index contributed by atoms with van der Waals surface area (Å²) in [5, 5.41) is 16.9. The van der Waals surface area contributed by atoms with Gasteiger partial charge in [-0.15, -0.1) is 0 Å². The minimum Gasteiger partial charge on any atom is -0.481 e. The zero-order chi connectivity index (χ0) is 7.28. The second kappa shape index (κ2) is 4.09. The van der Waals surface area contributed by atoms with E-state index in [-0.39, 0.29) is 6.42 Å². The van der Waals surface area contributed by atoms with E-state index in [1.165, 1.54) is 6.08 Å². The molecule has 0 aromatic rings. The van der Waals surface area contributed by atoms with Crippen molar-refractivity contribution in [3.05, 3.63) is 12.2 Å². The van der Waals surface area contributed by atoms with Gasteiger partial charge < -0.3 is 10.2 Å². The summed E-state index contributed by atoms with van der Waals surface area (Å²) >= 11 is 0. The number of hydrogen-bond donors (Lipinski definition) is 2. The number of carbonyl (C=O) groups is 1. The van der Waals surface area contributed by atoms with Crippen LogP contribution in [0, 0.1) is 0 Å². The average Bonchev–Trinajstić information content (AvgIpc) is 1.63. The number of rotatable bonds is 3. The first-order valence-corrected chi connectivity index (χ1v) is 2.69. The number of allylic oxidation sites excluding steroid dienone is 1. The van der Waals surface area contributed by atoms with E-state index in [4.69, 9.17) is 10.2 Å². The SMILES string of the molecule is C/C=C\C(O)CC(=O)O. The summed E-state index contributed by atoms with van der Waals surface area (Å²) in [6.45, 7) is 1.73. The highest BCUT2D eigenvalue weighted by atomic mass is 16.4. The molecule has 1 unspecified atom stereocenters. The Morgan fingerprint density at radius 2 is 2.33 bits per heavy atom. The molecule has 0 radical (unpaired) electrons. The summed E-state index contributed by atoms with van der Waals surface area (Å²) in [4.78, 5) is 9.89. The van der Waals surface area contributed by atoms with Crippen molar-refractivity contribution in [3.8, 4) is 0 Å². The van der Waals surface area contributed by atoms with Gasteiger partial charge in [-0.2, -0.15) is 0 Å². The molecule has 0 spiro atoms. The third kappa shape index (κ3) is 5.03. The van der Waals surface area contributed by atoms with Crippen LogP contribution in [0.15, 0.2) is 12.2 Å². The summed E-state index contributed by atoms with van der Waals surface area (Å²) in [6.07, 6.45) is 2.00. The van der Waals surface area contributed by atoms with Gasteiger partial charge in [0.05, 0.1) is 12.5 Å². The van der Waals surface area contributed by atoms with E-state index in [9.17, 15) is 4.79 Å². The molecule has 0 aliphatic rings. The van der Waals surface area contributed by atoms with Crippen molar-refractivity contribution in [3.63, 3.8) is 0 Å². The molecule has 9 heavy (non-hydrogen) atoms. The molecule has 3 heteroatoms. The lowest BCUT2D eigenvalue weighted by Crippen LogP contribution is -2.09. The number of aliphatic hydroxyl groups excluding tert-OH is 1. The average molecular weight is 130 g/mol. The molecule has 0 heterocycles. The molecule has 0 aliphatic heterocycles. The van der Waals surface area contributed by atoms with Crippen LogP contribution in [0.1, 0.15) is 13.3 Å². The van der Waals surface area contributed by atoms with E-state index >= 15 is 0 Å². The van der Waals surface area contributed by atoms with Crippen molar-refractivity contribution in [2.24, 2.45) is 0 Å². The standard InChI is InChI=1S/C6H10O3/c1-2-3-5(7)4-6(8)9/h2-3,5,7H,4H2,1H3,(H,8,9)/b3-2-. The predicted molar refractivity (Wildman–Crippen MR) is 33.1 cm³/mol. The second-order valence-electron chi connectivity index (χ2n) is 1.69. The Morgan fingerprint density at radius 1 is 1.78 bits per heavy atom. The monoisotopic (exact) mass is 130 g/mol. The summed E-state index contributed by atoms with van der Waals surface area (Å²) in [7, 11) is 0. The first kappa shape index (κ1) is 8.17. The van der Waals surface area contributed by atoms with Gasteiger partial charge in [-0.05, 0) is 6.92 Å². The Hall–Kier alpha value is -0.830. The second-order valence-corrected chi connectivity index (χ2v) is 1.69. The number of carboxylic acid groups (broad SMARTS) is 1. The summed E-state index contributed by atoms with van der Waals surface area (Å²) in [5.41, 5.74) is 0. The third-order valence-electron chi connectivity index (χ3n) is 0.798. The van der Waals surface area contributed by atoms with Crippen molar-refractivity contribution in [2.45, 2.75) is 19.4 Å². The van der Waals surface area contributed by atoms with Crippen LogP contribution in [0.4, 0.5) is 0 Å². The molecule has 0 aromatic carbocycles. The number of aliphatic hydroxyl groups is 1. The lowest BCUT2D eigenvalue weighted by Gasteiger charge is -1.97. The minimum atomic E-state index is -0.986. The molecule has 1 atom stereocenters. The van der Waals surface area contributed by atoms with Gasteiger partial charge in [0.1, 0.15) is 0 Å². The maximum atomic E-state index is 9.89. The van der Waals surface area contributed by atoms with Crippen LogP contribution in [0.5, 0.6) is 0 Å². The van der Waals surface area contributed by atoms with Crippen molar-refractivity contribution in [1.82, 2.24) is 0 Å². The fourth-order valence-electron chi connectivity index (χ4n) is 0.469. The molecular weight excluding hydrogens is 120 g/mol. The van der Waals surface area contributed by atoms with E-state index in [1.54, 1.807) is 13.0 Å². The van der Waals surface area contributed by atoms with Crippen molar-refractivity contribution in [2.75, 3.05) is 0 Å². The van der Waals surface area contributed by atoms with Gasteiger partial charge in [-0.3, -0.25) is 4.79 Å². The Kier molecular flexibility index (Phi) is 3.71. The van der Waals surface area contributed by atoms with E-state index in [1.807, 2.05) is 0 Å². The smallest absolute Gasteiger partial charge is 0.306 e. The largest absolute Gasteiger partial charge is 0.481 e. The number of aliphatic carboxylic acids is 1. The number of hydrogen-bond acceptors (Lipinski definition) is 2. The van der Waals surface area contributed by atoms with Crippen molar-refractivity contribution in [1.29, 1.82) is 0 Å². The zero-order valence-corrected chi connectivity index (χ0v) is 5.24. The van der Waals surface area contributed by atoms with E-state index < -0.39 is 12.1 Å². The molecule has 0 aromatic heterocycles. The van der Waals surface area contributed by atoms with E-state index in [0.717, 1.165) is 0 Å². The van der Waals surface area contributed by atoms with Crippen LogP contribution in [-0.4, -0.2) is 22.3 Å². The third-order valence-corrected chi connectivity index (χ3v) is 0.798. The molecule has 2 N–H and O–H groups in total. The summed E-state index contributed by atoms with van der Waals surface area (Å²) < 4.78 is 0. The van der Waals surface area contributed by atoms with Crippen LogP contribution in [-0.2, 0) is 4.79 Å². The number of carboxylic acids is 1. The van der Waals surface area contributed by atoms with Gasteiger partial charge in [0.2, 0.25) is 0 Å². The Bertz CT molecular complexity index is 117. The molecule has 3 nitrogen and oxygen atoms in total.